The van der Waals surface area contributed by atoms with E-state index in [1.807, 2.05) is 18.2 Å². The molecule has 1 atom stereocenters. The molecule has 0 bridgehead atoms. The SMILES string of the molecule is COC(=O)C(N=O)c1ccccc1Oc1ccccc1. The molecular weight excluding hydrogens is 258 g/mol. The predicted octanol–water partition coefficient (Wildman–Crippen LogP) is 3.46. The molecule has 0 spiro atoms. The van der Waals surface area contributed by atoms with E-state index < -0.39 is 12.0 Å². The lowest BCUT2D eigenvalue weighted by Gasteiger charge is -2.13. The van der Waals surface area contributed by atoms with Gasteiger partial charge < -0.3 is 9.47 Å². The Morgan fingerprint density at radius 1 is 1.05 bits per heavy atom. The van der Waals surface area contributed by atoms with E-state index in [0.29, 0.717) is 17.1 Å². The lowest BCUT2D eigenvalue weighted by atomic mass is 10.1. The van der Waals surface area contributed by atoms with Gasteiger partial charge in [0.1, 0.15) is 11.5 Å². The van der Waals surface area contributed by atoms with Crippen molar-refractivity contribution in [1.29, 1.82) is 0 Å². The highest BCUT2D eigenvalue weighted by molar-refractivity contribution is 5.78. The number of rotatable bonds is 5. The van der Waals surface area contributed by atoms with Crippen LogP contribution in [0.15, 0.2) is 59.8 Å². The molecule has 1 unspecified atom stereocenters. The second-order valence-corrected chi connectivity index (χ2v) is 3.98. The van der Waals surface area contributed by atoms with Crippen LogP contribution in [0.5, 0.6) is 11.5 Å². The van der Waals surface area contributed by atoms with E-state index in [-0.39, 0.29) is 0 Å². The van der Waals surface area contributed by atoms with Gasteiger partial charge in [0.25, 0.3) is 0 Å². The Labute approximate surface area is 116 Å². The fourth-order valence-electron chi connectivity index (χ4n) is 1.75. The maximum atomic E-state index is 11.6. The normalized spacial score (nSPS) is 11.4. The fourth-order valence-corrected chi connectivity index (χ4v) is 1.75. The minimum atomic E-state index is -1.24. The maximum absolute atomic E-state index is 11.6. The van der Waals surface area contributed by atoms with Crippen molar-refractivity contribution in [3.05, 3.63) is 65.1 Å². The van der Waals surface area contributed by atoms with Gasteiger partial charge in [-0.25, -0.2) is 4.79 Å². The summed E-state index contributed by atoms with van der Waals surface area (Å²) in [5.41, 5.74) is 0.373. The van der Waals surface area contributed by atoms with Crippen molar-refractivity contribution in [3.8, 4) is 11.5 Å². The number of carbonyl (C=O) groups excluding carboxylic acids is 1. The first-order chi connectivity index (χ1) is 9.76. The number of nitroso groups, excluding NO2 is 1. The van der Waals surface area contributed by atoms with Gasteiger partial charge in [-0.3, -0.25) is 0 Å². The summed E-state index contributed by atoms with van der Waals surface area (Å²) in [7, 11) is 1.21. The van der Waals surface area contributed by atoms with Crippen LogP contribution in [0.2, 0.25) is 0 Å². The summed E-state index contributed by atoms with van der Waals surface area (Å²) in [6, 6.07) is 14.6. The summed E-state index contributed by atoms with van der Waals surface area (Å²) in [5, 5.41) is 2.83. The quantitative estimate of drug-likeness (QED) is 0.617. The third kappa shape index (κ3) is 3.00. The molecule has 0 fully saturated rings. The zero-order chi connectivity index (χ0) is 14.4. The molecule has 0 radical (unpaired) electrons. The van der Waals surface area contributed by atoms with Gasteiger partial charge in [0.2, 0.25) is 6.04 Å². The van der Waals surface area contributed by atoms with Crippen molar-refractivity contribution in [2.75, 3.05) is 7.11 Å². The minimum absolute atomic E-state index is 0.373. The summed E-state index contributed by atoms with van der Waals surface area (Å²) in [6.45, 7) is 0. The van der Waals surface area contributed by atoms with E-state index in [1.54, 1.807) is 36.4 Å². The fraction of sp³-hybridized carbons (Fsp3) is 0.133. The van der Waals surface area contributed by atoms with Gasteiger partial charge in [-0.15, -0.1) is 4.91 Å². The molecule has 2 rings (SSSR count). The standard InChI is InChI=1S/C15H13NO4/c1-19-15(17)14(16-18)12-9-5-6-10-13(12)20-11-7-3-2-4-8-11/h2-10,14H,1H3. The van der Waals surface area contributed by atoms with Gasteiger partial charge in [0.15, 0.2) is 0 Å². The molecule has 0 aromatic heterocycles. The van der Waals surface area contributed by atoms with Crippen LogP contribution < -0.4 is 4.74 Å². The number of esters is 1. The number of ether oxygens (including phenoxy) is 2. The van der Waals surface area contributed by atoms with Gasteiger partial charge in [-0.05, 0) is 23.4 Å². The Balaban J connectivity index is 2.35. The van der Waals surface area contributed by atoms with E-state index in [1.165, 1.54) is 7.11 Å². The third-order valence-electron chi connectivity index (χ3n) is 2.71. The van der Waals surface area contributed by atoms with Gasteiger partial charge in [-0.1, -0.05) is 36.4 Å². The van der Waals surface area contributed by atoms with Crippen LogP contribution in [-0.4, -0.2) is 13.1 Å². The van der Waals surface area contributed by atoms with E-state index in [9.17, 15) is 9.70 Å². The second kappa shape index (κ2) is 6.47. The summed E-state index contributed by atoms with van der Waals surface area (Å²) < 4.78 is 10.3. The highest BCUT2D eigenvalue weighted by atomic mass is 16.5. The lowest BCUT2D eigenvalue weighted by molar-refractivity contribution is -0.142. The number of nitrogens with zero attached hydrogens (tertiary/aromatic N) is 1. The molecule has 0 saturated carbocycles. The Bertz CT molecular complexity index is 598. The summed E-state index contributed by atoms with van der Waals surface area (Å²) in [4.78, 5) is 22.5. The Morgan fingerprint density at radius 2 is 1.70 bits per heavy atom. The van der Waals surface area contributed by atoms with Crippen LogP contribution in [-0.2, 0) is 9.53 Å². The van der Waals surface area contributed by atoms with Crippen molar-refractivity contribution >= 4 is 5.97 Å². The van der Waals surface area contributed by atoms with Crippen LogP contribution >= 0.6 is 0 Å². The second-order valence-electron chi connectivity index (χ2n) is 3.98. The smallest absolute Gasteiger partial charge is 0.339 e. The van der Waals surface area contributed by atoms with Gasteiger partial charge >= 0.3 is 5.97 Å². The number of methoxy groups -OCH3 is 1. The van der Waals surface area contributed by atoms with E-state index in [2.05, 4.69) is 9.91 Å². The highest BCUT2D eigenvalue weighted by Gasteiger charge is 2.25. The van der Waals surface area contributed by atoms with Crippen molar-refractivity contribution in [2.24, 2.45) is 5.18 Å². The van der Waals surface area contributed by atoms with Crippen molar-refractivity contribution in [1.82, 2.24) is 0 Å². The molecule has 20 heavy (non-hydrogen) atoms. The molecule has 0 aliphatic rings. The summed E-state index contributed by atoms with van der Waals surface area (Å²) >= 11 is 0. The number of hydrogen-bond acceptors (Lipinski definition) is 5. The molecule has 0 aliphatic carbocycles. The predicted molar refractivity (Wildman–Crippen MR) is 73.5 cm³/mol. The first-order valence-electron chi connectivity index (χ1n) is 5.98. The number of carbonyl (C=O) groups is 1. The number of para-hydroxylation sites is 2. The zero-order valence-corrected chi connectivity index (χ0v) is 10.9. The first kappa shape index (κ1) is 13.7. The summed E-state index contributed by atoms with van der Waals surface area (Å²) in [6.07, 6.45) is 0. The molecule has 0 amide bonds. The molecule has 0 heterocycles. The number of hydrogen-bond donors (Lipinski definition) is 0. The van der Waals surface area contributed by atoms with E-state index >= 15 is 0 Å². The summed E-state index contributed by atoms with van der Waals surface area (Å²) in [5.74, 6) is 0.285. The number of benzene rings is 2. The zero-order valence-electron chi connectivity index (χ0n) is 10.9. The van der Waals surface area contributed by atoms with Crippen LogP contribution in [0.3, 0.4) is 0 Å². The molecular formula is C15H13NO4. The van der Waals surface area contributed by atoms with Crippen LogP contribution in [0.25, 0.3) is 0 Å². The van der Waals surface area contributed by atoms with Crippen molar-refractivity contribution in [3.63, 3.8) is 0 Å². The largest absolute Gasteiger partial charge is 0.467 e. The Hall–Kier alpha value is -2.69. The van der Waals surface area contributed by atoms with Crippen molar-refractivity contribution in [2.45, 2.75) is 6.04 Å². The van der Waals surface area contributed by atoms with Crippen LogP contribution in [0.1, 0.15) is 11.6 Å². The molecule has 0 saturated heterocycles. The van der Waals surface area contributed by atoms with Gasteiger partial charge in [-0.2, -0.15) is 0 Å². The molecule has 0 N–H and O–H groups in total. The maximum Gasteiger partial charge on any atom is 0.339 e. The molecule has 5 nitrogen and oxygen atoms in total. The van der Waals surface area contributed by atoms with E-state index in [4.69, 9.17) is 4.74 Å². The molecule has 0 aliphatic heterocycles. The Kier molecular flexibility index (Phi) is 4.44. The van der Waals surface area contributed by atoms with Crippen LogP contribution in [0, 0.1) is 4.91 Å². The molecule has 2 aromatic rings. The highest BCUT2D eigenvalue weighted by Crippen LogP contribution is 2.31. The average Bonchev–Trinajstić information content (AvgIpc) is 2.50. The monoisotopic (exact) mass is 271 g/mol. The van der Waals surface area contributed by atoms with Gasteiger partial charge in [0, 0.05) is 5.56 Å². The lowest BCUT2D eigenvalue weighted by Crippen LogP contribution is -2.12. The minimum Gasteiger partial charge on any atom is -0.467 e. The van der Waals surface area contributed by atoms with E-state index in [0.717, 1.165) is 0 Å². The van der Waals surface area contributed by atoms with Gasteiger partial charge in [0.05, 0.1) is 7.11 Å². The molecule has 5 heteroatoms. The topological polar surface area (TPSA) is 65.0 Å². The molecule has 102 valence electrons. The van der Waals surface area contributed by atoms with Crippen molar-refractivity contribution < 1.29 is 14.3 Å². The third-order valence-corrected chi connectivity index (χ3v) is 2.71. The first-order valence-corrected chi connectivity index (χ1v) is 5.98. The molecule has 2 aromatic carbocycles. The van der Waals surface area contributed by atoms with Crippen LogP contribution in [0.4, 0.5) is 0 Å². The average molecular weight is 271 g/mol. The Morgan fingerprint density at radius 3 is 2.35 bits per heavy atom.